The quantitative estimate of drug-likeness (QED) is 0.422. The number of para-hydroxylation sites is 2. The van der Waals surface area contributed by atoms with Crippen molar-refractivity contribution in [1.82, 2.24) is 19.8 Å². The number of benzene rings is 2. The zero-order valence-electron chi connectivity index (χ0n) is 17.8. The van der Waals surface area contributed by atoms with E-state index in [4.69, 9.17) is 12.2 Å². The lowest BCUT2D eigenvalue weighted by atomic mass is 10.0. The summed E-state index contributed by atoms with van der Waals surface area (Å²) in [4.78, 5) is 19.5. The summed E-state index contributed by atoms with van der Waals surface area (Å²) in [5.74, 6) is -0.130. The number of amides is 1. The molecule has 1 amide bonds. The summed E-state index contributed by atoms with van der Waals surface area (Å²) in [5, 5.41) is 6.90. The van der Waals surface area contributed by atoms with E-state index >= 15 is 0 Å². The monoisotopic (exact) mass is 453 g/mol. The van der Waals surface area contributed by atoms with Crippen molar-refractivity contribution >= 4 is 28.9 Å². The van der Waals surface area contributed by atoms with Gasteiger partial charge in [0, 0.05) is 29.5 Å². The first-order valence-corrected chi connectivity index (χ1v) is 11.2. The number of nitrogens with zero attached hydrogens (tertiary/aromatic N) is 3. The number of rotatable bonds is 6. The Morgan fingerprint density at radius 3 is 2.39 bits per heavy atom. The Balaban J connectivity index is 1.51. The van der Waals surface area contributed by atoms with Crippen LogP contribution in [0, 0.1) is 0 Å². The Labute approximate surface area is 197 Å². The maximum absolute atomic E-state index is 13.0. The Morgan fingerprint density at radius 2 is 1.67 bits per heavy atom. The van der Waals surface area contributed by atoms with Gasteiger partial charge in [-0.3, -0.25) is 9.78 Å². The Kier molecular flexibility index (Phi) is 5.87. The van der Waals surface area contributed by atoms with E-state index in [0.717, 1.165) is 22.8 Å². The molecule has 4 aromatic rings. The van der Waals surface area contributed by atoms with Crippen molar-refractivity contribution < 1.29 is 4.79 Å². The number of nitrogens with one attached hydrogen (secondary N) is 2. The number of aromatic nitrogens is 2. The molecule has 164 valence electrons. The molecule has 2 aromatic heterocycles. The summed E-state index contributed by atoms with van der Waals surface area (Å²) in [6.07, 6.45) is 3.81. The van der Waals surface area contributed by atoms with Gasteiger partial charge >= 0.3 is 0 Å². The van der Waals surface area contributed by atoms with Crippen molar-refractivity contribution in [1.29, 1.82) is 0 Å². The highest BCUT2D eigenvalue weighted by Gasteiger charge is 2.42. The van der Waals surface area contributed by atoms with Crippen molar-refractivity contribution in [3.8, 4) is 5.69 Å². The third-order valence-corrected chi connectivity index (χ3v) is 6.04. The minimum absolute atomic E-state index is 0.120. The fraction of sp³-hybridized carbons (Fsp3) is 0.115. The topological polar surface area (TPSA) is 62.2 Å². The molecule has 7 heteroatoms. The van der Waals surface area contributed by atoms with E-state index < -0.39 is 0 Å². The van der Waals surface area contributed by atoms with Crippen molar-refractivity contribution in [2.24, 2.45) is 0 Å². The van der Waals surface area contributed by atoms with Gasteiger partial charge in [-0.25, -0.2) is 0 Å². The highest BCUT2D eigenvalue weighted by Crippen LogP contribution is 2.39. The standard InChI is InChI=1S/C26H23N5OS/c32-23(28-19-10-3-1-4-11-19)18-31-25(24(29-26(31)33)21-14-7-8-16-27-21)22-15-9-17-30(22)20-12-5-2-6-13-20/h1-17,24-25H,18H2,(H,28,32)(H,29,33)/t24-,25-/m0/s1. The molecule has 0 aliphatic carbocycles. The first kappa shape index (κ1) is 20.9. The summed E-state index contributed by atoms with van der Waals surface area (Å²) in [7, 11) is 0. The SMILES string of the molecule is O=C(CN1C(=S)N[C@@H](c2ccccn2)[C@@H]1c1cccn1-c1ccccc1)Nc1ccccc1. The van der Waals surface area contributed by atoms with Crippen molar-refractivity contribution in [2.45, 2.75) is 12.1 Å². The minimum Gasteiger partial charge on any atom is -0.352 e. The van der Waals surface area contributed by atoms with E-state index in [2.05, 4.69) is 38.4 Å². The molecular formula is C26H23N5OS. The summed E-state index contributed by atoms with van der Waals surface area (Å²) >= 11 is 5.71. The number of carbonyl (C=O) groups is 1. The number of pyridine rings is 1. The smallest absolute Gasteiger partial charge is 0.244 e. The molecule has 5 rings (SSSR count). The zero-order valence-corrected chi connectivity index (χ0v) is 18.7. The van der Waals surface area contributed by atoms with Crippen LogP contribution >= 0.6 is 12.2 Å². The predicted octanol–water partition coefficient (Wildman–Crippen LogP) is 4.48. The first-order valence-electron chi connectivity index (χ1n) is 10.8. The number of hydrogen-bond acceptors (Lipinski definition) is 3. The van der Waals surface area contributed by atoms with Crippen molar-refractivity contribution in [3.05, 3.63) is 115 Å². The Morgan fingerprint density at radius 1 is 0.939 bits per heavy atom. The molecule has 2 aromatic carbocycles. The Hall–Kier alpha value is -3.97. The van der Waals surface area contributed by atoms with Crippen LogP contribution in [0.25, 0.3) is 5.69 Å². The average Bonchev–Trinajstić information content (AvgIpc) is 3.45. The van der Waals surface area contributed by atoms with Crippen LogP contribution in [0.4, 0.5) is 5.69 Å². The normalized spacial score (nSPS) is 17.6. The summed E-state index contributed by atoms with van der Waals surface area (Å²) in [5.41, 5.74) is 3.70. The van der Waals surface area contributed by atoms with Crippen LogP contribution in [-0.4, -0.2) is 32.0 Å². The van der Waals surface area contributed by atoms with Gasteiger partial charge in [0.1, 0.15) is 6.54 Å². The van der Waals surface area contributed by atoms with Crippen molar-refractivity contribution in [3.63, 3.8) is 0 Å². The van der Waals surface area contributed by atoms with Crippen LogP contribution in [0.3, 0.4) is 0 Å². The van der Waals surface area contributed by atoms with E-state index in [1.165, 1.54) is 0 Å². The third kappa shape index (κ3) is 4.36. The third-order valence-electron chi connectivity index (χ3n) is 5.69. The van der Waals surface area contributed by atoms with Crippen LogP contribution in [0.2, 0.25) is 0 Å². The fourth-order valence-corrected chi connectivity index (χ4v) is 4.54. The summed E-state index contributed by atoms with van der Waals surface area (Å²) in [6.45, 7) is 0.120. The van der Waals surface area contributed by atoms with Gasteiger partial charge in [0.15, 0.2) is 5.11 Å². The lowest BCUT2D eigenvalue weighted by Gasteiger charge is -2.28. The van der Waals surface area contributed by atoms with Gasteiger partial charge in [-0.1, -0.05) is 42.5 Å². The summed E-state index contributed by atoms with van der Waals surface area (Å²) in [6, 6.07) is 29.1. The molecule has 1 aliphatic heterocycles. The number of carbonyl (C=O) groups excluding carboxylic acids is 1. The number of anilines is 1. The lowest BCUT2D eigenvalue weighted by molar-refractivity contribution is -0.116. The van der Waals surface area contributed by atoms with Gasteiger partial charge in [-0.15, -0.1) is 0 Å². The minimum atomic E-state index is -0.218. The van der Waals surface area contributed by atoms with Crippen LogP contribution in [-0.2, 0) is 4.79 Å². The van der Waals surface area contributed by atoms with Gasteiger partial charge in [-0.05, 0) is 60.7 Å². The molecule has 1 saturated heterocycles. The van der Waals surface area contributed by atoms with E-state index in [0.29, 0.717) is 5.11 Å². The highest BCUT2D eigenvalue weighted by atomic mass is 32.1. The molecular weight excluding hydrogens is 430 g/mol. The second kappa shape index (κ2) is 9.26. The van der Waals surface area contributed by atoms with Crippen molar-refractivity contribution in [2.75, 3.05) is 11.9 Å². The van der Waals surface area contributed by atoms with Gasteiger partial charge in [-0.2, -0.15) is 0 Å². The van der Waals surface area contributed by atoms with Crippen LogP contribution in [0.5, 0.6) is 0 Å². The second-order valence-electron chi connectivity index (χ2n) is 7.81. The van der Waals surface area contributed by atoms with E-state index in [9.17, 15) is 4.79 Å². The average molecular weight is 454 g/mol. The maximum Gasteiger partial charge on any atom is 0.244 e. The highest BCUT2D eigenvalue weighted by molar-refractivity contribution is 7.80. The Bertz CT molecular complexity index is 1240. The van der Waals surface area contributed by atoms with E-state index in [1.807, 2.05) is 83.9 Å². The molecule has 0 spiro atoms. The molecule has 1 aliphatic rings. The van der Waals surface area contributed by atoms with Gasteiger partial charge < -0.3 is 20.1 Å². The zero-order chi connectivity index (χ0) is 22.6. The molecule has 6 nitrogen and oxygen atoms in total. The van der Waals surface area contributed by atoms with Gasteiger partial charge in [0.05, 0.1) is 17.8 Å². The summed E-state index contributed by atoms with van der Waals surface area (Å²) < 4.78 is 2.14. The van der Waals surface area contributed by atoms with Crippen LogP contribution < -0.4 is 10.6 Å². The number of hydrogen-bond donors (Lipinski definition) is 2. The molecule has 0 unspecified atom stereocenters. The molecule has 0 radical (unpaired) electrons. The molecule has 1 fully saturated rings. The molecule has 3 heterocycles. The second-order valence-corrected chi connectivity index (χ2v) is 8.19. The largest absolute Gasteiger partial charge is 0.352 e. The molecule has 2 N–H and O–H groups in total. The fourth-order valence-electron chi connectivity index (χ4n) is 4.23. The van der Waals surface area contributed by atoms with Crippen LogP contribution in [0.15, 0.2) is 103 Å². The molecule has 2 atom stereocenters. The first-order chi connectivity index (χ1) is 16.2. The molecule has 0 saturated carbocycles. The predicted molar refractivity (Wildman–Crippen MR) is 133 cm³/mol. The van der Waals surface area contributed by atoms with Gasteiger partial charge in [0.25, 0.3) is 0 Å². The molecule has 33 heavy (non-hydrogen) atoms. The lowest BCUT2D eigenvalue weighted by Crippen LogP contribution is -2.37. The molecule has 0 bridgehead atoms. The van der Waals surface area contributed by atoms with E-state index in [1.54, 1.807) is 6.20 Å². The van der Waals surface area contributed by atoms with Crippen LogP contribution in [0.1, 0.15) is 23.5 Å². The van der Waals surface area contributed by atoms with Gasteiger partial charge in [0.2, 0.25) is 5.91 Å². The van der Waals surface area contributed by atoms with E-state index in [-0.39, 0.29) is 24.5 Å². The maximum atomic E-state index is 13.0. The number of thiocarbonyl (C=S) groups is 1.